The second-order valence-corrected chi connectivity index (χ2v) is 6.79. The molecule has 1 aromatic carbocycles. The molecule has 1 aromatic heterocycles. The normalized spacial score (nSPS) is 14.3. The van der Waals surface area contributed by atoms with Gasteiger partial charge in [-0.1, -0.05) is 38.5 Å². The molecule has 0 amide bonds. The highest BCUT2D eigenvalue weighted by atomic mass is 16.5. The number of pyridine rings is 1. The molecule has 2 atom stereocenters. The first-order valence-corrected chi connectivity index (χ1v) is 9.50. The fraction of sp³-hybridized carbons (Fsp3) is 0.455. The number of unbranched alkanes of at least 4 members (excludes halogenated alkanes) is 1. The third-order valence-corrected chi connectivity index (χ3v) is 4.51. The van der Waals surface area contributed by atoms with Crippen LogP contribution in [0.1, 0.15) is 63.5 Å². The predicted molar refractivity (Wildman–Crippen MR) is 105 cm³/mol. The molecular formula is C22H29NO4. The lowest BCUT2D eigenvalue weighted by Crippen LogP contribution is -2.34. The fourth-order valence-corrected chi connectivity index (χ4v) is 2.59. The molecule has 5 heteroatoms. The first kappa shape index (κ1) is 20.9. The molecule has 0 bridgehead atoms. The highest BCUT2D eigenvalue weighted by Crippen LogP contribution is 2.28. The average molecular weight is 371 g/mol. The van der Waals surface area contributed by atoms with Crippen molar-refractivity contribution in [3.8, 4) is 5.75 Å². The molecule has 0 aliphatic rings. The highest BCUT2D eigenvalue weighted by molar-refractivity contribution is 5.80. The zero-order valence-electron chi connectivity index (χ0n) is 16.6. The minimum absolute atomic E-state index is 0.257. The maximum absolute atomic E-state index is 12.2. The van der Waals surface area contributed by atoms with Crippen LogP contribution in [0.15, 0.2) is 42.6 Å². The molecule has 1 heterocycles. The van der Waals surface area contributed by atoms with Gasteiger partial charge in [0.25, 0.3) is 0 Å². The molecule has 1 N–H and O–H groups in total. The van der Waals surface area contributed by atoms with Crippen molar-refractivity contribution in [2.24, 2.45) is 0 Å². The first-order chi connectivity index (χ1) is 12.9. The van der Waals surface area contributed by atoms with Crippen LogP contribution in [0.3, 0.4) is 0 Å². The van der Waals surface area contributed by atoms with Gasteiger partial charge in [-0.15, -0.1) is 0 Å². The van der Waals surface area contributed by atoms with Crippen molar-refractivity contribution < 1.29 is 19.4 Å². The standard InChI is InChI=1S/C22H29NO4/c1-5-7-13-26-21(24)22(4,25)18-9-8-10-19(14-18)27-16(3)20-12-11-17(6-2)15-23-20/h8-12,14-16,25H,5-7,13H2,1-4H3. The van der Waals surface area contributed by atoms with E-state index in [-0.39, 0.29) is 6.10 Å². The van der Waals surface area contributed by atoms with Gasteiger partial charge in [0.05, 0.1) is 12.3 Å². The second-order valence-electron chi connectivity index (χ2n) is 6.79. The summed E-state index contributed by atoms with van der Waals surface area (Å²) < 4.78 is 11.1. The first-order valence-electron chi connectivity index (χ1n) is 9.50. The minimum Gasteiger partial charge on any atom is -0.484 e. The Kier molecular flexibility index (Phi) is 7.36. The summed E-state index contributed by atoms with van der Waals surface area (Å²) in [6, 6.07) is 10.9. The van der Waals surface area contributed by atoms with Gasteiger partial charge >= 0.3 is 5.97 Å². The summed E-state index contributed by atoms with van der Waals surface area (Å²) in [5, 5.41) is 10.6. The fourth-order valence-electron chi connectivity index (χ4n) is 2.59. The van der Waals surface area contributed by atoms with Crippen LogP contribution in [0.4, 0.5) is 0 Å². The van der Waals surface area contributed by atoms with Crippen molar-refractivity contribution in [2.45, 2.75) is 58.7 Å². The van der Waals surface area contributed by atoms with E-state index >= 15 is 0 Å². The molecule has 5 nitrogen and oxygen atoms in total. The van der Waals surface area contributed by atoms with E-state index in [1.807, 2.05) is 32.2 Å². The lowest BCUT2D eigenvalue weighted by atomic mass is 9.96. The maximum atomic E-state index is 12.2. The van der Waals surface area contributed by atoms with Gasteiger partial charge in [0.15, 0.2) is 5.60 Å². The van der Waals surface area contributed by atoms with E-state index in [1.54, 1.807) is 24.3 Å². The monoisotopic (exact) mass is 371 g/mol. The van der Waals surface area contributed by atoms with Gasteiger partial charge in [-0.3, -0.25) is 4.98 Å². The quantitative estimate of drug-likeness (QED) is 0.525. The summed E-state index contributed by atoms with van der Waals surface area (Å²) in [5.41, 5.74) is 0.703. The summed E-state index contributed by atoms with van der Waals surface area (Å²) in [6.45, 7) is 7.75. The van der Waals surface area contributed by atoms with Gasteiger partial charge in [0.2, 0.25) is 0 Å². The van der Waals surface area contributed by atoms with Crippen molar-refractivity contribution in [3.63, 3.8) is 0 Å². The molecule has 27 heavy (non-hydrogen) atoms. The Bertz CT molecular complexity index is 740. The van der Waals surface area contributed by atoms with Crippen molar-refractivity contribution in [3.05, 3.63) is 59.4 Å². The number of benzene rings is 1. The summed E-state index contributed by atoms with van der Waals surface area (Å²) in [6.07, 6.45) is 4.22. The predicted octanol–water partition coefficient (Wildman–Crippen LogP) is 4.33. The number of hydrogen-bond acceptors (Lipinski definition) is 5. The van der Waals surface area contributed by atoms with Crippen LogP contribution in [0.2, 0.25) is 0 Å². The van der Waals surface area contributed by atoms with E-state index < -0.39 is 11.6 Å². The molecule has 146 valence electrons. The van der Waals surface area contributed by atoms with Gasteiger partial charge in [-0.05, 0) is 56.0 Å². The van der Waals surface area contributed by atoms with E-state index in [4.69, 9.17) is 9.47 Å². The van der Waals surface area contributed by atoms with Crippen LogP contribution >= 0.6 is 0 Å². The Labute approximate surface area is 161 Å². The van der Waals surface area contributed by atoms with Gasteiger partial charge in [-0.25, -0.2) is 4.79 Å². The number of hydrogen-bond donors (Lipinski definition) is 1. The molecule has 2 rings (SSSR count). The summed E-state index contributed by atoms with van der Waals surface area (Å²) in [7, 11) is 0. The van der Waals surface area contributed by atoms with Crippen LogP contribution in [-0.2, 0) is 21.6 Å². The molecule has 0 aliphatic carbocycles. The van der Waals surface area contributed by atoms with Crippen molar-refractivity contribution in [2.75, 3.05) is 6.61 Å². The number of carbonyl (C=O) groups is 1. The Morgan fingerprint density at radius 2 is 2.04 bits per heavy atom. The largest absolute Gasteiger partial charge is 0.484 e. The number of nitrogens with zero attached hydrogens (tertiary/aromatic N) is 1. The Balaban J connectivity index is 2.10. The second kappa shape index (κ2) is 9.51. The maximum Gasteiger partial charge on any atom is 0.342 e. The third kappa shape index (κ3) is 5.54. The van der Waals surface area contributed by atoms with E-state index in [9.17, 15) is 9.90 Å². The Morgan fingerprint density at radius 3 is 2.67 bits per heavy atom. The van der Waals surface area contributed by atoms with E-state index in [2.05, 4.69) is 11.9 Å². The lowest BCUT2D eigenvalue weighted by molar-refractivity contribution is -0.164. The zero-order valence-corrected chi connectivity index (χ0v) is 16.6. The number of rotatable bonds is 9. The zero-order chi connectivity index (χ0) is 19.9. The van der Waals surface area contributed by atoms with Gasteiger partial charge in [-0.2, -0.15) is 0 Å². The number of esters is 1. The van der Waals surface area contributed by atoms with Crippen molar-refractivity contribution in [1.29, 1.82) is 0 Å². The third-order valence-electron chi connectivity index (χ3n) is 4.51. The molecule has 0 saturated heterocycles. The van der Waals surface area contributed by atoms with Gasteiger partial charge in [0.1, 0.15) is 11.9 Å². The van der Waals surface area contributed by atoms with Crippen LogP contribution in [-0.4, -0.2) is 22.7 Å². The van der Waals surface area contributed by atoms with E-state index in [1.165, 1.54) is 12.5 Å². The highest BCUT2D eigenvalue weighted by Gasteiger charge is 2.34. The number of aromatic nitrogens is 1. The van der Waals surface area contributed by atoms with Gasteiger partial charge in [0, 0.05) is 6.20 Å². The summed E-state index contributed by atoms with van der Waals surface area (Å²) >= 11 is 0. The minimum atomic E-state index is -1.72. The van der Waals surface area contributed by atoms with Crippen LogP contribution < -0.4 is 4.74 Å². The SMILES string of the molecule is CCCCOC(=O)C(C)(O)c1cccc(OC(C)c2ccc(CC)cn2)c1. The number of carbonyl (C=O) groups excluding carboxylic acids is 1. The number of aliphatic hydroxyl groups is 1. The summed E-state index contributed by atoms with van der Waals surface area (Å²) in [5.74, 6) is -0.0963. The topological polar surface area (TPSA) is 68.7 Å². The van der Waals surface area contributed by atoms with Crippen LogP contribution in [0.5, 0.6) is 5.75 Å². The summed E-state index contributed by atoms with van der Waals surface area (Å²) in [4.78, 5) is 16.7. The Hall–Kier alpha value is -2.40. The van der Waals surface area contributed by atoms with Crippen molar-refractivity contribution >= 4 is 5.97 Å². The van der Waals surface area contributed by atoms with E-state index in [0.717, 1.165) is 25.0 Å². The number of aryl methyl sites for hydroxylation is 1. The van der Waals surface area contributed by atoms with Crippen LogP contribution in [0.25, 0.3) is 0 Å². The molecule has 0 saturated carbocycles. The van der Waals surface area contributed by atoms with Gasteiger partial charge < -0.3 is 14.6 Å². The van der Waals surface area contributed by atoms with E-state index in [0.29, 0.717) is 17.9 Å². The lowest BCUT2D eigenvalue weighted by Gasteiger charge is -2.23. The molecule has 0 spiro atoms. The Morgan fingerprint density at radius 1 is 1.26 bits per heavy atom. The molecule has 2 unspecified atom stereocenters. The molecular weight excluding hydrogens is 342 g/mol. The molecule has 0 aliphatic heterocycles. The van der Waals surface area contributed by atoms with Crippen molar-refractivity contribution in [1.82, 2.24) is 4.98 Å². The molecule has 0 radical (unpaired) electrons. The molecule has 2 aromatic rings. The average Bonchev–Trinajstić information content (AvgIpc) is 2.68. The smallest absolute Gasteiger partial charge is 0.342 e. The van der Waals surface area contributed by atoms with Crippen LogP contribution in [0, 0.1) is 0 Å². The molecule has 0 fully saturated rings. The number of ether oxygens (including phenoxy) is 2.